The number of aromatic nitrogens is 2. The molecular formula is C14H21ClN4O. The number of nitrogens with two attached hydrogens (primary N) is 1. The summed E-state index contributed by atoms with van der Waals surface area (Å²) >= 11 is 6.09. The summed E-state index contributed by atoms with van der Waals surface area (Å²) in [5.41, 5.74) is 6.23. The molecule has 0 aliphatic carbocycles. The van der Waals surface area contributed by atoms with E-state index in [4.69, 9.17) is 17.3 Å². The first kappa shape index (κ1) is 15.2. The summed E-state index contributed by atoms with van der Waals surface area (Å²) in [6, 6.07) is 0.279. The fourth-order valence-corrected chi connectivity index (χ4v) is 2.63. The maximum atomic E-state index is 12.6. The van der Waals surface area contributed by atoms with E-state index in [0.29, 0.717) is 23.1 Å². The van der Waals surface area contributed by atoms with Crippen molar-refractivity contribution < 1.29 is 4.79 Å². The van der Waals surface area contributed by atoms with E-state index in [1.807, 2.05) is 25.7 Å². The average molecular weight is 297 g/mol. The summed E-state index contributed by atoms with van der Waals surface area (Å²) < 4.78 is 0. The minimum Gasteiger partial charge on any atom is -0.334 e. The third kappa shape index (κ3) is 3.10. The molecule has 1 saturated heterocycles. The Morgan fingerprint density at radius 1 is 1.55 bits per heavy atom. The first-order valence-electron chi connectivity index (χ1n) is 6.99. The van der Waals surface area contributed by atoms with Crippen molar-refractivity contribution in [1.29, 1.82) is 0 Å². The van der Waals surface area contributed by atoms with Crippen LogP contribution in [0, 0.1) is 0 Å². The fraction of sp³-hybridized carbons (Fsp3) is 0.643. The van der Waals surface area contributed by atoms with Crippen LogP contribution in [0.15, 0.2) is 6.20 Å². The van der Waals surface area contributed by atoms with E-state index < -0.39 is 0 Å². The summed E-state index contributed by atoms with van der Waals surface area (Å²) in [5.74, 6) is 0.670. The Morgan fingerprint density at radius 3 is 2.85 bits per heavy atom. The maximum Gasteiger partial charge on any atom is 0.274 e. The molecule has 1 amide bonds. The smallest absolute Gasteiger partial charge is 0.274 e. The average Bonchev–Trinajstić information content (AvgIpc) is 2.38. The van der Waals surface area contributed by atoms with Gasteiger partial charge in [0.1, 0.15) is 5.82 Å². The van der Waals surface area contributed by atoms with Gasteiger partial charge in [-0.1, -0.05) is 25.4 Å². The monoisotopic (exact) mass is 296 g/mol. The summed E-state index contributed by atoms with van der Waals surface area (Å²) in [4.78, 5) is 22.9. The number of halogens is 1. The fourth-order valence-electron chi connectivity index (χ4n) is 2.46. The van der Waals surface area contributed by atoms with Gasteiger partial charge in [0.2, 0.25) is 0 Å². The lowest BCUT2D eigenvalue weighted by Crippen LogP contribution is -2.48. The van der Waals surface area contributed by atoms with Crippen LogP contribution < -0.4 is 5.73 Å². The van der Waals surface area contributed by atoms with E-state index in [-0.39, 0.29) is 23.9 Å². The molecule has 0 unspecified atom stereocenters. The van der Waals surface area contributed by atoms with Crippen molar-refractivity contribution in [1.82, 2.24) is 14.9 Å². The number of likely N-dealkylation sites (tertiary alicyclic amines) is 1. The molecule has 0 spiro atoms. The second kappa shape index (κ2) is 6.06. The van der Waals surface area contributed by atoms with Gasteiger partial charge in [-0.3, -0.25) is 4.79 Å². The minimum atomic E-state index is -0.126. The number of piperidine rings is 1. The third-order valence-corrected chi connectivity index (χ3v) is 3.94. The van der Waals surface area contributed by atoms with Gasteiger partial charge < -0.3 is 10.6 Å². The van der Waals surface area contributed by atoms with Crippen molar-refractivity contribution in [3.63, 3.8) is 0 Å². The second-order valence-corrected chi connectivity index (χ2v) is 6.12. The Labute approximate surface area is 124 Å². The van der Waals surface area contributed by atoms with Crippen molar-refractivity contribution in [3.8, 4) is 0 Å². The molecule has 6 heteroatoms. The molecule has 20 heavy (non-hydrogen) atoms. The number of hydrogen-bond donors (Lipinski definition) is 1. The number of rotatable bonds is 2. The SMILES string of the molecule is CC(C)c1ncc(Cl)c(C(=O)N2CC[C@H](N)C[C@@H]2C)n1. The summed E-state index contributed by atoms with van der Waals surface area (Å²) in [7, 11) is 0. The molecule has 0 aromatic carbocycles. The molecule has 0 bridgehead atoms. The molecule has 1 aliphatic rings. The Kier molecular flexibility index (Phi) is 4.60. The van der Waals surface area contributed by atoms with Crippen molar-refractivity contribution >= 4 is 17.5 Å². The molecule has 2 atom stereocenters. The van der Waals surface area contributed by atoms with E-state index in [2.05, 4.69) is 9.97 Å². The van der Waals surface area contributed by atoms with E-state index in [1.165, 1.54) is 6.20 Å². The molecule has 1 aliphatic heterocycles. The summed E-state index contributed by atoms with van der Waals surface area (Å²) in [6.07, 6.45) is 3.14. The highest BCUT2D eigenvalue weighted by atomic mass is 35.5. The maximum absolute atomic E-state index is 12.6. The molecule has 1 aromatic rings. The first-order valence-corrected chi connectivity index (χ1v) is 7.37. The lowest BCUT2D eigenvalue weighted by molar-refractivity contribution is 0.0612. The second-order valence-electron chi connectivity index (χ2n) is 5.71. The van der Waals surface area contributed by atoms with E-state index in [1.54, 1.807) is 0 Å². The molecule has 0 radical (unpaired) electrons. The number of hydrogen-bond acceptors (Lipinski definition) is 4. The first-order chi connectivity index (χ1) is 9.40. The van der Waals surface area contributed by atoms with Gasteiger partial charge in [0.05, 0.1) is 11.2 Å². The Bertz CT molecular complexity index is 506. The standard InChI is InChI=1S/C14H21ClN4O/c1-8(2)13-17-7-11(15)12(18-13)14(20)19-5-4-10(16)6-9(19)3/h7-10H,4-6,16H2,1-3H3/t9-,10-/m0/s1. The van der Waals surface area contributed by atoms with Gasteiger partial charge in [-0.05, 0) is 19.8 Å². The van der Waals surface area contributed by atoms with Crippen LogP contribution in [0.1, 0.15) is 55.8 Å². The molecule has 1 fully saturated rings. The number of carbonyl (C=O) groups is 1. The minimum absolute atomic E-state index is 0.111. The molecule has 2 heterocycles. The highest BCUT2D eigenvalue weighted by Crippen LogP contribution is 2.22. The molecule has 2 N–H and O–H groups in total. The van der Waals surface area contributed by atoms with Gasteiger partial charge in [0.15, 0.2) is 5.69 Å². The Morgan fingerprint density at radius 2 is 2.25 bits per heavy atom. The highest BCUT2D eigenvalue weighted by Gasteiger charge is 2.30. The summed E-state index contributed by atoms with van der Waals surface area (Å²) in [6.45, 7) is 6.63. The van der Waals surface area contributed by atoms with E-state index in [9.17, 15) is 4.79 Å². The van der Waals surface area contributed by atoms with Crippen molar-refractivity contribution in [2.75, 3.05) is 6.54 Å². The van der Waals surface area contributed by atoms with Crippen LogP contribution in [-0.4, -0.2) is 39.4 Å². The molecular weight excluding hydrogens is 276 g/mol. The number of nitrogens with zero attached hydrogens (tertiary/aromatic N) is 3. The van der Waals surface area contributed by atoms with Crippen LogP contribution in [0.2, 0.25) is 5.02 Å². The predicted octanol–water partition coefficient (Wildman–Crippen LogP) is 2.21. The van der Waals surface area contributed by atoms with Gasteiger partial charge in [-0.15, -0.1) is 0 Å². The molecule has 5 nitrogen and oxygen atoms in total. The molecule has 0 saturated carbocycles. The van der Waals surface area contributed by atoms with Gasteiger partial charge in [0, 0.05) is 24.5 Å². The van der Waals surface area contributed by atoms with Crippen molar-refractivity contribution in [3.05, 3.63) is 22.7 Å². The zero-order chi connectivity index (χ0) is 14.9. The van der Waals surface area contributed by atoms with Crippen LogP contribution in [-0.2, 0) is 0 Å². The van der Waals surface area contributed by atoms with E-state index in [0.717, 1.165) is 12.8 Å². The Hall–Kier alpha value is -1.20. The third-order valence-electron chi connectivity index (χ3n) is 3.66. The number of carbonyl (C=O) groups excluding carboxylic acids is 1. The van der Waals surface area contributed by atoms with Gasteiger partial charge >= 0.3 is 0 Å². The molecule has 110 valence electrons. The van der Waals surface area contributed by atoms with Crippen molar-refractivity contribution in [2.24, 2.45) is 5.73 Å². The topological polar surface area (TPSA) is 72.1 Å². The Balaban J connectivity index is 2.26. The molecule has 2 rings (SSSR count). The van der Waals surface area contributed by atoms with Crippen LogP contribution >= 0.6 is 11.6 Å². The highest BCUT2D eigenvalue weighted by molar-refractivity contribution is 6.33. The van der Waals surface area contributed by atoms with Gasteiger partial charge in [0.25, 0.3) is 5.91 Å². The number of amides is 1. The van der Waals surface area contributed by atoms with Crippen LogP contribution in [0.25, 0.3) is 0 Å². The lowest BCUT2D eigenvalue weighted by Gasteiger charge is -2.36. The normalized spacial score (nSPS) is 23.2. The quantitative estimate of drug-likeness (QED) is 0.908. The van der Waals surface area contributed by atoms with Crippen LogP contribution in [0.5, 0.6) is 0 Å². The predicted molar refractivity (Wildman–Crippen MR) is 78.8 cm³/mol. The summed E-state index contributed by atoms with van der Waals surface area (Å²) in [5, 5.41) is 0.307. The largest absolute Gasteiger partial charge is 0.334 e. The molecule has 1 aromatic heterocycles. The van der Waals surface area contributed by atoms with Gasteiger partial charge in [-0.2, -0.15) is 0 Å². The van der Waals surface area contributed by atoms with E-state index >= 15 is 0 Å². The zero-order valence-corrected chi connectivity index (χ0v) is 12.9. The van der Waals surface area contributed by atoms with Crippen LogP contribution in [0.3, 0.4) is 0 Å². The lowest BCUT2D eigenvalue weighted by atomic mass is 9.99. The van der Waals surface area contributed by atoms with Gasteiger partial charge in [-0.25, -0.2) is 9.97 Å². The van der Waals surface area contributed by atoms with Crippen molar-refractivity contribution in [2.45, 2.75) is 51.6 Å². The van der Waals surface area contributed by atoms with Crippen LogP contribution in [0.4, 0.5) is 0 Å². The zero-order valence-electron chi connectivity index (χ0n) is 12.1.